The zero-order valence-corrected chi connectivity index (χ0v) is 11.8. The highest BCUT2D eigenvalue weighted by molar-refractivity contribution is 5.95. The molecule has 21 heavy (non-hydrogen) atoms. The molecular weight excluding hydrogens is 266 g/mol. The number of aromatic nitrogens is 3. The summed E-state index contributed by atoms with van der Waals surface area (Å²) in [5, 5.41) is 13.8. The minimum Gasteiger partial charge on any atom is -0.350 e. The van der Waals surface area contributed by atoms with Crippen LogP contribution in [0.25, 0.3) is 0 Å². The third-order valence-electron chi connectivity index (χ3n) is 3.83. The zero-order valence-electron chi connectivity index (χ0n) is 11.8. The van der Waals surface area contributed by atoms with Crippen molar-refractivity contribution in [1.29, 1.82) is 0 Å². The van der Waals surface area contributed by atoms with Gasteiger partial charge in [0.25, 0.3) is 5.91 Å². The largest absolute Gasteiger partial charge is 0.350 e. The molecule has 0 radical (unpaired) electrons. The Hall–Kier alpha value is -2.21. The van der Waals surface area contributed by atoms with Crippen LogP contribution in [0.1, 0.15) is 28.3 Å². The smallest absolute Gasteiger partial charge is 0.251 e. The summed E-state index contributed by atoms with van der Waals surface area (Å²) in [5.74, 6) is 0.426. The van der Waals surface area contributed by atoms with E-state index in [0.717, 1.165) is 30.6 Å². The van der Waals surface area contributed by atoms with Crippen LogP contribution in [-0.4, -0.2) is 40.3 Å². The number of carbonyl (C=O) groups is 1. The van der Waals surface area contributed by atoms with Crippen molar-refractivity contribution < 1.29 is 4.79 Å². The molecule has 1 saturated heterocycles. The zero-order chi connectivity index (χ0) is 14.5. The number of benzene rings is 1. The maximum Gasteiger partial charge on any atom is 0.251 e. The molecule has 1 aromatic carbocycles. The van der Waals surface area contributed by atoms with Gasteiger partial charge in [0.2, 0.25) is 0 Å². The summed E-state index contributed by atoms with van der Waals surface area (Å²) in [6.45, 7) is 3.21. The van der Waals surface area contributed by atoms with Gasteiger partial charge in [-0.2, -0.15) is 0 Å². The maximum atomic E-state index is 12.4. The Morgan fingerprint density at radius 2 is 2.14 bits per heavy atom. The Morgan fingerprint density at radius 3 is 2.90 bits per heavy atom. The van der Waals surface area contributed by atoms with E-state index in [0.29, 0.717) is 19.0 Å². The average molecular weight is 285 g/mol. The number of nitrogens with one attached hydrogen (secondary N) is 2. The van der Waals surface area contributed by atoms with Crippen molar-refractivity contribution in [3.8, 4) is 0 Å². The summed E-state index contributed by atoms with van der Waals surface area (Å²) >= 11 is 0. The van der Waals surface area contributed by atoms with Crippen LogP contribution in [0.15, 0.2) is 36.9 Å². The fourth-order valence-corrected chi connectivity index (χ4v) is 2.71. The average Bonchev–Trinajstić information content (AvgIpc) is 3.20. The highest BCUT2D eigenvalue weighted by Gasteiger charge is 2.21. The predicted molar refractivity (Wildman–Crippen MR) is 79.0 cm³/mol. The molecule has 1 atom stereocenters. The Kier molecular flexibility index (Phi) is 4.25. The standard InChI is InChI=1S/C15H19N5O/c21-15(17-7-8-20-10-18-19-11-20)14-4-2-1-3-13(14)12-5-6-16-9-12/h1-4,10-12,16H,5-9H2,(H,17,21). The van der Waals surface area contributed by atoms with Crippen LogP contribution in [0.2, 0.25) is 0 Å². The molecule has 2 N–H and O–H groups in total. The van der Waals surface area contributed by atoms with Crippen molar-refractivity contribution in [1.82, 2.24) is 25.4 Å². The number of carbonyl (C=O) groups excluding carboxylic acids is 1. The molecule has 1 unspecified atom stereocenters. The van der Waals surface area contributed by atoms with Gasteiger partial charge in [0.05, 0.1) is 0 Å². The van der Waals surface area contributed by atoms with Gasteiger partial charge in [-0.3, -0.25) is 4.79 Å². The third kappa shape index (κ3) is 3.28. The first-order valence-electron chi connectivity index (χ1n) is 7.25. The monoisotopic (exact) mass is 285 g/mol. The molecule has 0 saturated carbocycles. The fraction of sp³-hybridized carbons (Fsp3) is 0.400. The molecule has 1 aromatic heterocycles. The number of amides is 1. The first kappa shape index (κ1) is 13.8. The van der Waals surface area contributed by atoms with Crippen LogP contribution in [0.5, 0.6) is 0 Å². The van der Waals surface area contributed by atoms with Gasteiger partial charge in [-0.15, -0.1) is 10.2 Å². The molecule has 3 rings (SSSR count). The van der Waals surface area contributed by atoms with Crippen LogP contribution >= 0.6 is 0 Å². The lowest BCUT2D eigenvalue weighted by Gasteiger charge is -2.14. The van der Waals surface area contributed by atoms with E-state index in [9.17, 15) is 4.79 Å². The van der Waals surface area contributed by atoms with Gasteiger partial charge in [0.1, 0.15) is 12.7 Å². The molecule has 0 spiro atoms. The molecule has 1 fully saturated rings. The lowest BCUT2D eigenvalue weighted by molar-refractivity contribution is 0.0951. The van der Waals surface area contributed by atoms with Gasteiger partial charge in [0.15, 0.2) is 0 Å². The lowest BCUT2D eigenvalue weighted by Crippen LogP contribution is -2.28. The van der Waals surface area contributed by atoms with Crippen LogP contribution in [-0.2, 0) is 6.54 Å². The maximum absolute atomic E-state index is 12.4. The Balaban J connectivity index is 1.63. The lowest BCUT2D eigenvalue weighted by atomic mass is 9.93. The third-order valence-corrected chi connectivity index (χ3v) is 3.83. The van der Waals surface area contributed by atoms with Gasteiger partial charge in [0, 0.05) is 25.2 Å². The molecule has 2 aromatic rings. The van der Waals surface area contributed by atoms with Crippen molar-refractivity contribution in [2.75, 3.05) is 19.6 Å². The molecular formula is C15H19N5O. The fourth-order valence-electron chi connectivity index (χ4n) is 2.71. The van der Waals surface area contributed by atoms with Crippen molar-refractivity contribution in [2.24, 2.45) is 0 Å². The first-order chi connectivity index (χ1) is 10.3. The second kappa shape index (κ2) is 6.49. The highest BCUT2D eigenvalue weighted by Crippen LogP contribution is 2.25. The van der Waals surface area contributed by atoms with Crippen LogP contribution in [0, 0.1) is 0 Å². The van der Waals surface area contributed by atoms with Gasteiger partial charge in [-0.25, -0.2) is 0 Å². The summed E-state index contributed by atoms with van der Waals surface area (Å²) in [5.41, 5.74) is 1.93. The summed E-state index contributed by atoms with van der Waals surface area (Å²) in [6.07, 6.45) is 4.37. The minimum absolute atomic E-state index is 0.00873. The normalized spacial score (nSPS) is 17.8. The van der Waals surface area contributed by atoms with E-state index in [1.54, 1.807) is 12.7 Å². The second-order valence-corrected chi connectivity index (χ2v) is 5.23. The molecule has 1 amide bonds. The van der Waals surface area contributed by atoms with E-state index in [1.807, 2.05) is 22.8 Å². The quantitative estimate of drug-likeness (QED) is 0.852. The van der Waals surface area contributed by atoms with Gasteiger partial charge < -0.3 is 15.2 Å². The van der Waals surface area contributed by atoms with E-state index in [4.69, 9.17) is 0 Å². The van der Waals surface area contributed by atoms with Gasteiger partial charge >= 0.3 is 0 Å². The van der Waals surface area contributed by atoms with Crippen molar-refractivity contribution in [3.63, 3.8) is 0 Å². The summed E-state index contributed by atoms with van der Waals surface area (Å²) in [7, 11) is 0. The summed E-state index contributed by atoms with van der Waals surface area (Å²) in [4.78, 5) is 12.4. The highest BCUT2D eigenvalue weighted by atomic mass is 16.1. The Morgan fingerprint density at radius 1 is 1.33 bits per heavy atom. The first-order valence-corrected chi connectivity index (χ1v) is 7.25. The number of rotatable bonds is 5. The van der Waals surface area contributed by atoms with E-state index in [-0.39, 0.29) is 5.91 Å². The van der Waals surface area contributed by atoms with Gasteiger partial charge in [-0.1, -0.05) is 18.2 Å². The molecule has 6 nitrogen and oxygen atoms in total. The molecule has 110 valence electrons. The predicted octanol–water partition coefficient (Wildman–Crippen LogP) is 0.785. The Labute approximate surface area is 123 Å². The molecule has 1 aliphatic heterocycles. The summed E-state index contributed by atoms with van der Waals surface area (Å²) in [6, 6.07) is 7.89. The van der Waals surface area contributed by atoms with Crippen molar-refractivity contribution >= 4 is 5.91 Å². The number of hydrogen-bond donors (Lipinski definition) is 2. The van der Waals surface area contributed by atoms with Crippen molar-refractivity contribution in [3.05, 3.63) is 48.0 Å². The molecule has 0 bridgehead atoms. The SMILES string of the molecule is O=C(NCCn1cnnc1)c1ccccc1C1CCNC1. The van der Waals surface area contributed by atoms with Gasteiger partial charge in [-0.05, 0) is 30.5 Å². The van der Waals surface area contributed by atoms with E-state index < -0.39 is 0 Å². The van der Waals surface area contributed by atoms with E-state index in [1.165, 1.54) is 0 Å². The minimum atomic E-state index is -0.00873. The van der Waals surface area contributed by atoms with Crippen molar-refractivity contribution in [2.45, 2.75) is 18.9 Å². The Bertz CT molecular complexity index is 590. The molecule has 6 heteroatoms. The number of hydrogen-bond acceptors (Lipinski definition) is 4. The molecule has 0 aliphatic carbocycles. The second-order valence-electron chi connectivity index (χ2n) is 5.23. The molecule has 1 aliphatic rings. The molecule has 2 heterocycles. The van der Waals surface area contributed by atoms with E-state index in [2.05, 4.69) is 26.9 Å². The summed E-state index contributed by atoms with van der Waals surface area (Å²) < 4.78 is 1.84. The number of nitrogens with zero attached hydrogens (tertiary/aromatic N) is 3. The van der Waals surface area contributed by atoms with Crippen LogP contribution in [0.4, 0.5) is 0 Å². The van der Waals surface area contributed by atoms with Crippen LogP contribution in [0.3, 0.4) is 0 Å². The topological polar surface area (TPSA) is 71.8 Å². The van der Waals surface area contributed by atoms with Crippen LogP contribution < -0.4 is 10.6 Å². The van der Waals surface area contributed by atoms with E-state index >= 15 is 0 Å².